The predicted octanol–water partition coefficient (Wildman–Crippen LogP) is 3.03. The number of carbonyl (C=O) groups excluding carboxylic acids is 2. The fourth-order valence-electron chi connectivity index (χ4n) is 2.49. The Balaban J connectivity index is 2.67. The van der Waals surface area contributed by atoms with E-state index in [0.29, 0.717) is 18.4 Å². The number of amides is 1. The summed E-state index contributed by atoms with van der Waals surface area (Å²) < 4.78 is 0. The quantitative estimate of drug-likeness (QED) is 0.721. The molecule has 0 aliphatic heterocycles. The van der Waals surface area contributed by atoms with Gasteiger partial charge in [0.25, 0.3) is 0 Å². The van der Waals surface area contributed by atoms with E-state index in [-0.39, 0.29) is 18.6 Å². The van der Waals surface area contributed by atoms with Crippen molar-refractivity contribution in [3.05, 3.63) is 34.9 Å². The van der Waals surface area contributed by atoms with Crippen LogP contribution in [-0.2, 0) is 9.59 Å². The first kappa shape index (κ1) is 18.9. The van der Waals surface area contributed by atoms with Crippen molar-refractivity contribution in [2.45, 2.75) is 58.9 Å². The molecule has 5 nitrogen and oxygen atoms in total. The first-order chi connectivity index (χ1) is 10.7. The van der Waals surface area contributed by atoms with Gasteiger partial charge in [-0.2, -0.15) is 0 Å². The molecule has 1 unspecified atom stereocenters. The minimum Gasteiger partial charge on any atom is -0.480 e. The summed E-state index contributed by atoms with van der Waals surface area (Å²) >= 11 is 0. The van der Waals surface area contributed by atoms with E-state index in [0.717, 1.165) is 11.1 Å². The maximum atomic E-state index is 12.3. The summed E-state index contributed by atoms with van der Waals surface area (Å²) in [6, 6.07) is 5.63. The third kappa shape index (κ3) is 5.20. The van der Waals surface area contributed by atoms with E-state index < -0.39 is 17.4 Å². The number of carbonyl (C=O) groups is 3. The molecule has 0 aliphatic rings. The van der Waals surface area contributed by atoms with Gasteiger partial charge in [0.15, 0.2) is 5.78 Å². The Morgan fingerprint density at radius 2 is 1.83 bits per heavy atom. The van der Waals surface area contributed by atoms with Gasteiger partial charge in [-0.25, -0.2) is 4.79 Å². The summed E-state index contributed by atoms with van der Waals surface area (Å²) in [6.45, 7) is 7.11. The van der Waals surface area contributed by atoms with Crippen LogP contribution in [0.25, 0.3) is 0 Å². The number of aryl methyl sites for hydroxylation is 2. The number of benzene rings is 1. The molecule has 0 spiro atoms. The molecular weight excluding hydrogens is 294 g/mol. The molecule has 0 aromatic heterocycles. The lowest BCUT2D eigenvalue weighted by atomic mass is 9.95. The smallest absolute Gasteiger partial charge is 0.329 e. The fourth-order valence-corrected chi connectivity index (χ4v) is 2.49. The van der Waals surface area contributed by atoms with Crippen molar-refractivity contribution in [3.8, 4) is 0 Å². The van der Waals surface area contributed by atoms with Gasteiger partial charge in [-0.1, -0.05) is 31.0 Å². The monoisotopic (exact) mass is 319 g/mol. The number of hydrogen-bond acceptors (Lipinski definition) is 3. The zero-order valence-corrected chi connectivity index (χ0v) is 14.2. The summed E-state index contributed by atoms with van der Waals surface area (Å²) in [5.41, 5.74) is 1.20. The van der Waals surface area contributed by atoms with E-state index in [1.165, 1.54) is 6.92 Å². The SMILES string of the molecule is CCCC(C)(NC(=O)CCC(=O)c1cc(C)ccc1C)C(=O)O. The molecule has 1 rings (SSSR count). The molecule has 0 saturated heterocycles. The average Bonchev–Trinajstić information content (AvgIpc) is 2.47. The van der Waals surface area contributed by atoms with Crippen molar-refractivity contribution in [1.29, 1.82) is 0 Å². The first-order valence-corrected chi connectivity index (χ1v) is 7.84. The Morgan fingerprint density at radius 3 is 2.39 bits per heavy atom. The highest BCUT2D eigenvalue weighted by molar-refractivity contribution is 5.99. The highest BCUT2D eigenvalue weighted by atomic mass is 16.4. The Labute approximate surface area is 137 Å². The maximum Gasteiger partial charge on any atom is 0.329 e. The summed E-state index contributed by atoms with van der Waals surface area (Å²) in [4.78, 5) is 35.6. The molecule has 1 aromatic carbocycles. The van der Waals surface area contributed by atoms with Crippen LogP contribution in [0.1, 0.15) is 61.0 Å². The van der Waals surface area contributed by atoms with Gasteiger partial charge in [-0.15, -0.1) is 0 Å². The molecule has 0 bridgehead atoms. The third-order valence-electron chi connectivity index (χ3n) is 3.91. The molecule has 5 heteroatoms. The Kier molecular flexibility index (Phi) is 6.49. The van der Waals surface area contributed by atoms with E-state index in [1.54, 1.807) is 0 Å². The second kappa shape index (κ2) is 7.90. The number of carboxylic acid groups (broad SMARTS) is 1. The van der Waals surface area contributed by atoms with Crippen LogP contribution in [-0.4, -0.2) is 28.3 Å². The van der Waals surface area contributed by atoms with E-state index in [2.05, 4.69) is 5.32 Å². The second-order valence-corrected chi connectivity index (χ2v) is 6.18. The van der Waals surface area contributed by atoms with Gasteiger partial charge in [0, 0.05) is 18.4 Å². The number of nitrogens with one attached hydrogen (secondary N) is 1. The Bertz CT molecular complexity index is 609. The van der Waals surface area contributed by atoms with Crippen LogP contribution >= 0.6 is 0 Å². The fraction of sp³-hybridized carbons (Fsp3) is 0.500. The van der Waals surface area contributed by atoms with Crippen molar-refractivity contribution < 1.29 is 19.5 Å². The summed E-state index contributed by atoms with van der Waals surface area (Å²) in [7, 11) is 0. The van der Waals surface area contributed by atoms with Gasteiger partial charge in [0.05, 0.1) is 0 Å². The minimum absolute atomic E-state index is 0.0151. The van der Waals surface area contributed by atoms with E-state index in [4.69, 9.17) is 0 Å². The lowest BCUT2D eigenvalue weighted by Crippen LogP contribution is -2.52. The largest absolute Gasteiger partial charge is 0.480 e. The zero-order valence-electron chi connectivity index (χ0n) is 14.2. The molecular formula is C18H25NO4. The van der Waals surface area contributed by atoms with Crippen LogP contribution in [0.4, 0.5) is 0 Å². The minimum atomic E-state index is -1.28. The molecule has 1 aromatic rings. The summed E-state index contributed by atoms with van der Waals surface area (Å²) in [5, 5.41) is 11.8. The van der Waals surface area contributed by atoms with Gasteiger partial charge in [0.1, 0.15) is 5.54 Å². The van der Waals surface area contributed by atoms with E-state index >= 15 is 0 Å². The molecule has 1 amide bonds. The average molecular weight is 319 g/mol. The van der Waals surface area contributed by atoms with Gasteiger partial charge in [-0.05, 0) is 38.8 Å². The molecule has 1 atom stereocenters. The highest BCUT2D eigenvalue weighted by Crippen LogP contribution is 2.16. The Morgan fingerprint density at radius 1 is 1.17 bits per heavy atom. The second-order valence-electron chi connectivity index (χ2n) is 6.18. The van der Waals surface area contributed by atoms with Gasteiger partial charge in [0.2, 0.25) is 5.91 Å². The van der Waals surface area contributed by atoms with Crippen LogP contribution in [0, 0.1) is 13.8 Å². The van der Waals surface area contributed by atoms with Crippen LogP contribution in [0.2, 0.25) is 0 Å². The summed E-state index contributed by atoms with van der Waals surface area (Å²) in [6.07, 6.45) is 1.04. The zero-order chi connectivity index (χ0) is 17.6. The number of aliphatic carboxylic acids is 1. The van der Waals surface area contributed by atoms with Crippen LogP contribution in [0.5, 0.6) is 0 Å². The van der Waals surface area contributed by atoms with Gasteiger partial charge >= 0.3 is 5.97 Å². The topological polar surface area (TPSA) is 83.5 Å². The molecule has 23 heavy (non-hydrogen) atoms. The van der Waals surface area contributed by atoms with E-state index in [9.17, 15) is 19.5 Å². The highest BCUT2D eigenvalue weighted by Gasteiger charge is 2.33. The number of rotatable bonds is 8. The van der Waals surface area contributed by atoms with Crippen molar-refractivity contribution in [2.24, 2.45) is 0 Å². The molecule has 126 valence electrons. The molecule has 0 radical (unpaired) electrons. The lowest BCUT2D eigenvalue weighted by Gasteiger charge is -2.25. The molecule has 0 heterocycles. The predicted molar refractivity (Wildman–Crippen MR) is 88.6 cm³/mol. The third-order valence-corrected chi connectivity index (χ3v) is 3.91. The van der Waals surface area contributed by atoms with E-state index in [1.807, 2.05) is 39.0 Å². The normalized spacial score (nSPS) is 13.2. The number of carboxylic acids is 1. The lowest BCUT2D eigenvalue weighted by molar-refractivity contribution is -0.147. The molecule has 0 saturated carbocycles. The van der Waals surface area contributed by atoms with Crippen molar-refractivity contribution in [2.75, 3.05) is 0 Å². The number of ketones is 1. The van der Waals surface area contributed by atoms with Gasteiger partial charge in [-0.3, -0.25) is 9.59 Å². The van der Waals surface area contributed by atoms with Gasteiger partial charge < -0.3 is 10.4 Å². The number of Topliss-reactive ketones (excluding diaryl/α,β-unsaturated/α-hetero) is 1. The maximum absolute atomic E-state index is 12.3. The molecule has 0 aliphatic carbocycles. The first-order valence-electron chi connectivity index (χ1n) is 7.84. The van der Waals surface area contributed by atoms with Crippen molar-refractivity contribution in [1.82, 2.24) is 5.32 Å². The van der Waals surface area contributed by atoms with Crippen molar-refractivity contribution in [3.63, 3.8) is 0 Å². The molecule has 2 N–H and O–H groups in total. The van der Waals surface area contributed by atoms with Crippen LogP contribution in [0.15, 0.2) is 18.2 Å². The van der Waals surface area contributed by atoms with Crippen molar-refractivity contribution >= 4 is 17.7 Å². The van der Waals surface area contributed by atoms with Crippen LogP contribution < -0.4 is 5.32 Å². The summed E-state index contributed by atoms with van der Waals surface area (Å²) in [5.74, 6) is -1.58. The Hall–Kier alpha value is -2.17. The number of hydrogen-bond donors (Lipinski definition) is 2. The standard InChI is InChI=1S/C18H25NO4/c1-5-10-18(4,17(22)23)19-16(21)9-8-15(20)14-11-12(2)6-7-13(14)3/h6-7,11H,5,8-10H2,1-4H3,(H,19,21)(H,22,23). The molecule has 0 fully saturated rings. The van der Waals surface area contributed by atoms with Crippen LogP contribution in [0.3, 0.4) is 0 Å².